The SMILES string of the molecule is CCOC(=O)C(CC)(CC)c1nncn1C1CC1. The molecule has 0 amide bonds. The fourth-order valence-corrected chi connectivity index (χ4v) is 2.42. The number of carbonyl (C=O) groups is 1. The van der Waals surface area contributed by atoms with Crippen molar-refractivity contribution in [3.05, 3.63) is 12.2 Å². The Morgan fingerprint density at radius 2 is 2.11 bits per heavy atom. The normalized spacial score (nSPS) is 15.7. The quantitative estimate of drug-likeness (QED) is 0.727. The van der Waals surface area contributed by atoms with Crippen LogP contribution in [0.2, 0.25) is 0 Å². The summed E-state index contributed by atoms with van der Waals surface area (Å²) in [6.45, 7) is 6.25. The maximum absolute atomic E-state index is 12.3. The first-order valence-corrected chi connectivity index (χ1v) is 6.76. The van der Waals surface area contributed by atoms with E-state index in [1.807, 2.05) is 20.8 Å². The van der Waals surface area contributed by atoms with Crippen molar-refractivity contribution in [2.75, 3.05) is 6.61 Å². The lowest BCUT2D eigenvalue weighted by Gasteiger charge is -2.28. The highest BCUT2D eigenvalue weighted by atomic mass is 16.5. The molecule has 0 atom stereocenters. The molecule has 0 radical (unpaired) electrons. The van der Waals surface area contributed by atoms with Gasteiger partial charge in [0, 0.05) is 6.04 Å². The Morgan fingerprint density at radius 3 is 2.61 bits per heavy atom. The van der Waals surface area contributed by atoms with Crippen molar-refractivity contribution in [2.45, 2.75) is 57.9 Å². The van der Waals surface area contributed by atoms with Gasteiger partial charge in [-0.1, -0.05) is 13.8 Å². The number of hydrogen-bond acceptors (Lipinski definition) is 4. The van der Waals surface area contributed by atoms with Crippen molar-refractivity contribution in [3.63, 3.8) is 0 Å². The molecule has 0 saturated heterocycles. The van der Waals surface area contributed by atoms with Gasteiger partial charge in [-0.25, -0.2) is 0 Å². The predicted octanol–water partition coefficient (Wildman–Crippen LogP) is 2.23. The minimum Gasteiger partial charge on any atom is -0.465 e. The standard InChI is InChI=1S/C13H21N3O2/c1-4-13(5-2,12(17)18-6-3)11-15-14-9-16(11)10-7-8-10/h9-10H,4-8H2,1-3H3. The molecule has 100 valence electrons. The van der Waals surface area contributed by atoms with Gasteiger partial charge in [0.2, 0.25) is 0 Å². The number of aromatic nitrogens is 3. The summed E-state index contributed by atoms with van der Waals surface area (Å²) in [5.74, 6) is 0.596. The van der Waals surface area contributed by atoms with E-state index in [1.54, 1.807) is 6.33 Å². The van der Waals surface area contributed by atoms with E-state index in [4.69, 9.17) is 4.74 Å². The maximum atomic E-state index is 12.3. The van der Waals surface area contributed by atoms with Crippen molar-refractivity contribution in [2.24, 2.45) is 0 Å². The van der Waals surface area contributed by atoms with E-state index >= 15 is 0 Å². The Hall–Kier alpha value is -1.39. The number of hydrogen-bond donors (Lipinski definition) is 0. The molecule has 18 heavy (non-hydrogen) atoms. The van der Waals surface area contributed by atoms with Crippen LogP contribution in [-0.2, 0) is 14.9 Å². The molecule has 5 nitrogen and oxygen atoms in total. The van der Waals surface area contributed by atoms with Gasteiger partial charge in [-0.05, 0) is 32.6 Å². The highest BCUT2D eigenvalue weighted by Crippen LogP contribution is 2.40. The van der Waals surface area contributed by atoms with Gasteiger partial charge in [-0.3, -0.25) is 4.79 Å². The summed E-state index contributed by atoms with van der Waals surface area (Å²) < 4.78 is 7.31. The van der Waals surface area contributed by atoms with Gasteiger partial charge >= 0.3 is 5.97 Å². The van der Waals surface area contributed by atoms with Gasteiger partial charge in [-0.2, -0.15) is 0 Å². The van der Waals surface area contributed by atoms with Crippen LogP contribution in [0, 0.1) is 0 Å². The summed E-state index contributed by atoms with van der Waals surface area (Å²) in [4.78, 5) is 12.3. The second-order valence-corrected chi connectivity index (χ2v) is 4.80. The second-order valence-electron chi connectivity index (χ2n) is 4.80. The van der Waals surface area contributed by atoms with Crippen LogP contribution in [0.25, 0.3) is 0 Å². The fourth-order valence-electron chi connectivity index (χ4n) is 2.42. The van der Waals surface area contributed by atoms with Crippen molar-refractivity contribution >= 4 is 5.97 Å². The van der Waals surface area contributed by atoms with Crippen molar-refractivity contribution in [1.29, 1.82) is 0 Å². The Labute approximate surface area is 108 Å². The number of carbonyl (C=O) groups excluding carboxylic acids is 1. The average Bonchev–Trinajstić information content (AvgIpc) is 3.11. The van der Waals surface area contributed by atoms with E-state index in [1.165, 1.54) is 0 Å². The molecule has 2 rings (SSSR count). The van der Waals surface area contributed by atoms with Gasteiger partial charge in [-0.15, -0.1) is 10.2 Å². The van der Waals surface area contributed by atoms with E-state index in [9.17, 15) is 4.79 Å². The molecular formula is C13H21N3O2. The van der Waals surface area contributed by atoms with Crippen LogP contribution >= 0.6 is 0 Å². The number of ether oxygens (including phenoxy) is 1. The van der Waals surface area contributed by atoms with Crippen LogP contribution in [0.5, 0.6) is 0 Å². The summed E-state index contributed by atoms with van der Waals surface area (Å²) in [6, 6.07) is 0.474. The molecule has 1 aromatic heterocycles. The highest BCUT2D eigenvalue weighted by Gasteiger charge is 2.44. The van der Waals surface area contributed by atoms with Gasteiger partial charge in [0.1, 0.15) is 11.7 Å². The van der Waals surface area contributed by atoms with Crippen LogP contribution in [-0.4, -0.2) is 27.3 Å². The summed E-state index contributed by atoms with van der Waals surface area (Å²) in [5.41, 5.74) is -0.644. The van der Waals surface area contributed by atoms with Crippen LogP contribution in [0.4, 0.5) is 0 Å². The average molecular weight is 251 g/mol. The molecule has 0 aliphatic heterocycles. The predicted molar refractivity (Wildman–Crippen MR) is 67.2 cm³/mol. The fraction of sp³-hybridized carbons (Fsp3) is 0.769. The lowest BCUT2D eigenvalue weighted by Crippen LogP contribution is -2.39. The lowest BCUT2D eigenvalue weighted by molar-refractivity contribution is -0.151. The first-order valence-electron chi connectivity index (χ1n) is 6.76. The van der Waals surface area contributed by atoms with E-state index in [0.29, 0.717) is 25.5 Å². The molecule has 5 heteroatoms. The third kappa shape index (κ3) is 2.02. The van der Waals surface area contributed by atoms with E-state index in [2.05, 4.69) is 14.8 Å². The molecule has 1 heterocycles. The molecule has 0 N–H and O–H groups in total. The topological polar surface area (TPSA) is 57.0 Å². The molecule has 1 aromatic rings. The minimum atomic E-state index is -0.644. The Morgan fingerprint density at radius 1 is 1.44 bits per heavy atom. The molecule has 1 aliphatic carbocycles. The first kappa shape index (κ1) is 13.1. The summed E-state index contributed by atoms with van der Waals surface area (Å²) in [7, 11) is 0. The van der Waals surface area contributed by atoms with Crippen molar-refractivity contribution in [3.8, 4) is 0 Å². The molecule has 0 spiro atoms. The number of rotatable bonds is 6. The number of esters is 1. The van der Waals surface area contributed by atoms with Crippen LogP contribution < -0.4 is 0 Å². The summed E-state index contributed by atoms with van der Waals surface area (Å²) >= 11 is 0. The Bertz CT molecular complexity index is 420. The largest absolute Gasteiger partial charge is 0.465 e. The molecule has 1 fully saturated rings. The third-order valence-electron chi connectivity index (χ3n) is 3.81. The van der Waals surface area contributed by atoms with E-state index in [-0.39, 0.29) is 5.97 Å². The van der Waals surface area contributed by atoms with Crippen LogP contribution in [0.15, 0.2) is 6.33 Å². The van der Waals surface area contributed by atoms with E-state index in [0.717, 1.165) is 18.7 Å². The lowest BCUT2D eigenvalue weighted by atomic mass is 9.81. The molecule has 0 bridgehead atoms. The zero-order valence-electron chi connectivity index (χ0n) is 11.3. The molecule has 1 saturated carbocycles. The molecule has 0 aromatic carbocycles. The number of nitrogens with zero attached hydrogens (tertiary/aromatic N) is 3. The van der Waals surface area contributed by atoms with Gasteiger partial charge in [0.15, 0.2) is 5.82 Å². The second kappa shape index (κ2) is 5.08. The minimum absolute atomic E-state index is 0.176. The maximum Gasteiger partial charge on any atom is 0.319 e. The van der Waals surface area contributed by atoms with Crippen molar-refractivity contribution < 1.29 is 9.53 Å². The first-order chi connectivity index (χ1) is 8.69. The van der Waals surface area contributed by atoms with Gasteiger partial charge < -0.3 is 9.30 Å². The van der Waals surface area contributed by atoms with Gasteiger partial charge in [0.25, 0.3) is 0 Å². The Balaban J connectivity index is 2.39. The summed E-state index contributed by atoms with van der Waals surface area (Å²) in [6.07, 6.45) is 5.42. The smallest absolute Gasteiger partial charge is 0.319 e. The highest BCUT2D eigenvalue weighted by molar-refractivity contribution is 5.82. The third-order valence-corrected chi connectivity index (χ3v) is 3.81. The zero-order valence-corrected chi connectivity index (χ0v) is 11.3. The van der Waals surface area contributed by atoms with Gasteiger partial charge in [0.05, 0.1) is 6.61 Å². The monoisotopic (exact) mass is 251 g/mol. The van der Waals surface area contributed by atoms with Crippen LogP contribution in [0.1, 0.15) is 58.3 Å². The Kier molecular flexibility index (Phi) is 3.68. The molecule has 0 unspecified atom stereocenters. The molecule has 1 aliphatic rings. The summed E-state index contributed by atoms with van der Waals surface area (Å²) in [5, 5.41) is 8.20. The van der Waals surface area contributed by atoms with Crippen molar-refractivity contribution in [1.82, 2.24) is 14.8 Å². The van der Waals surface area contributed by atoms with E-state index < -0.39 is 5.41 Å². The molecular weight excluding hydrogens is 230 g/mol. The van der Waals surface area contributed by atoms with Crippen LogP contribution in [0.3, 0.4) is 0 Å². The zero-order chi connectivity index (χ0) is 13.2.